The van der Waals surface area contributed by atoms with Crippen LogP contribution in [0.15, 0.2) is 0 Å². The van der Waals surface area contributed by atoms with Crippen LogP contribution in [0.2, 0.25) is 0 Å². The summed E-state index contributed by atoms with van der Waals surface area (Å²) in [6, 6.07) is -0.446. The van der Waals surface area contributed by atoms with E-state index in [0.717, 1.165) is 6.54 Å². The van der Waals surface area contributed by atoms with E-state index >= 15 is 0 Å². The predicted octanol–water partition coefficient (Wildman–Crippen LogP) is -2.01. The molecule has 1 rings (SSSR count). The fourth-order valence-electron chi connectivity index (χ4n) is 0.777. The van der Waals surface area contributed by atoms with Gasteiger partial charge in [0.05, 0.1) is 6.61 Å². The van der Waals surface area contributed by atoms with Crippen molar-refractivity contribution in [1.29, 1.82) is 0 Å². The van der Waals surface area contributed by atoms with Crippen LogP contribution in [-0.2, 0) is 4.74 Å². The Balaban J connectivity index is 2.23. The van der Waals surface area contributed by atoms with Gasteiger partial charge in [-0.15, -0.1) is 0 Å². The molecule has 0 bridgehead atoms. The minimum absolute atomic E-state index is 0.446. The summed E-state index contributed by atoms with van der Waals surface area (Å²) in [7, 11) is -1.35. The molecule has 1 aliphatic rings. The molecule has 0 aliphatic carbocycles. The van der Waals surface area contributed by atoms with Crippen LogP contribution >= 0.6 is 0 Å². The lowest BCUT2D eigenvalue weighted by Gasteiger charge is -2.22. The second-order valence-electron chi connectivity index (χ2n) is 2.03. The van der Waals surface area contributed by atoms with E-state index in [4.69, 9.17) is 14.8 Å². The summed E-state index contributed by atoms with van der Waals surface area (Å²) >= 11 is 0. The molecule has 0 aromatic heterocycles. The van der Waals surface area contributed by atoms with Crippen LogP contribution in [0.4, 0.5) is 0 Å². The second kappa shape index (κ2) is 3.17. The molecule has 1 saturated heterocycles. The van der Waals surface area contributed by atoms with E-state index in [1.165, 1.54) is 0 Å². The zero-order valence-corrected chi connectivity index (χ0v) is 5.08. The smallest absolute Gasteiger partial charge is 0.425 e. The van der Waals surface area contributed by atoms with Crippen molar-refractivity contribution < 1.29 is 14.8 Å². The van der Waals surface area contributed by atoms with E-state index < -0.39 is 13.1 Å². The zero-order valence-electron chi connectivity index (χ0n) is 5.08. The molecule has 1 fully saturated rings. The summed E-state index contributed by atoms with van der Waals surface area (Å²) in [6.07, 6.45) is 0. The predicted molar refractivity (Wildman–Crippen MR) is 32.8 cm³/mol. The van der Waals surface area contributed by atoms with Crippen molar-refractivity contribution in [3.8, 4) is 0 Å². The van der Waals surface area contributed by atoms with Crippen LogP contribution in [0.1, 0.15) is 0 Å². The number of morpholine rings is 1. The van der Waals surface area contributed by atoms with Gasteiger partial charge in [-0.25, -0.2) is 0 Å². The van der Waals surface area contributed by atoms with E-state index in [1.807, 2.05) is 0 Å². The first kappa shape index (κ1) is 7.02. The van der Waals surface area contributed by atoms with Gasteiger partial charge in [-0.1, -0.05) is 0 Å². The monoisotopic (exact) mass is 131 g/mol. The Bertz CT molecular complexity index is 83.9. The third-order valence-electron chi connectivity index (χ3n) is 1.29. The molecule has 0 aromatic rings. The molecule has 0 aromatic carbocycles. The van der Waals surface area contributed by atoms with E-state index in [1.54, 1.807) is 0 Å². The van der Waals surface area contributed by atoms with Crippen molar-refractivity contribution in [3.05, 3.63) is 0 Å². The van der Waals surface area contributed by atoms with Crippen LogP contribution in [0, 0.1) is 0 Å². The average molecular weight is 131 g/mol. The van der Waals surface area contributed by atoms with Gasteiger partial charge >= 0.3 is 7.12 Å². The molecule has 0 saturated carbocycles. The lowest BCUT2D eigenvalue weighted by atomic mass is 9.82. The summed E-state index contributed by atoms with van der Waals surface area (Å²) in [4.78, 5) is 0. The maximum absolute atomic E-state index is 8.57. The second-order valence-corrected chi connectivity index (χ2v) is 2.03. The fourth-order valence-corrected chi connectivity index (χ4v) is 0.777. The van der Waals surface area contributed by atoms with Gasteiger partial charge in [0.2, 0.25) is 0 Å². The number of hydrogen-bond acceptors (Lipinski definition) is 4. The number of ether oxygens (including phenoxy) is 1. The zero-order chi connectivity index (χ0) is 6.69. The van der Waals surface area contributed by atoms with Crippen molar-refractivity contribution in [3.63, 3.8) is 0 Å². The minimum atomic E-state index is -1.35. The van der Waals surface area contributed by atoms with Crippen LogP contribution in [-0.4, -0.2) is 42.9 Å². The molecule has 1 atom stereocenters. The SMILES string of the molecule is OB(O)C1CNCCO1. The lowest BCUT2D eigenvalue weighted by molar-refractivity contribution is 0.0557. The molecule has 4 nitrogen and oxygen atoms in total. The third kappa shape index (κ3) is 1.94. The van der Waals surface area contributed by atoms with Crippen LogP contribution < -0.4 is 5.32 Å². The largest absolute Gasteiger partial charge is 0.483 e. The van der Waals surface area contributed by atoms with Gasteiger partial charge < -0.3 is 20.1 Å². The van der Waals surface area contributed by atoms with Gasteiger partial charge in [0.15, 0.2) is 0 Å². The molecule has 9 heavy (non-hydrogen) atoms. The van der Waals surface area contributed by atoms with E-state index in [2.05, 4.69) is 5.32 Å². The van der Waals surface area contributed by atoms with E-state index in [9.17, 15) is 0 Å². The third-order valence-corrected chi connectivity index (χ3v) is 1.29. The summed E-state index contributed by atoms with van der Waals surface area (Å²) in [6.45, 7) is 1.88. The molecule has 1 unspecified atom stereocenters. The Hall–Kier alpha value is -0.0951. The van der Waals surface area contributed by atoms with Crippen LogP contribution in [0.25, 0.3) is 0 Å². The first-order valence-corrected chi connectivity index (χ1v) is 2.99. The van der Waals surface area contributed by atoms with Gasteiger partial charge in [0, 0.05) is 13.1 Å². The molecular formula is C4H10BNO3. The quantitative estimate of drug-likeness (QED) is 0.359. The molecule has 1 aliphatic heterocycles. The van der Waals surface area contributed by atoms with Crippen LogP contribution in [0.5, 0.6) is 0 Å². The van der Waals surface area contributed by atoms with Gasteiger partial charge in [-0.3, -0.25) is 0 Å². The summed E-state index contributed by atoms with van der Waals surface area (Å²) in [5.41, 5.74) is 0. The molecule has 0 spiro atoms. The highest BCUT2D eigenvalue weighted by atomic mass is 16.5. The Kier molecular flexibility index (Phi) is 2.47. The molecule has 52 valence electrons. The van der Waals surface area contributed by atoms with Crippen molar-refractivity contribution in [2.24, 2.45) is 0 Å². The first-order chi connectivity index (χ1) is 4.30. The van der Waals surface area contributed by atoms with E-state index in [0.29, 0.717) is 13.2 Å². The van der Waals surface area contributed by atoms with Gasteiger partial charge in [-0.05, 0) is 0 Å². The number of rotatable bonds is 1. The van der Waals surface area contributed by atoms with Crippen molar-refractivity contribution in [1.82, 2.24) is 5.32 Å². The molecule has 5 heteroatoms. The molecule has 0 amide bonds. The molecule has 1 heterocycles. The van der Waals surface area contributed by atoms with Crippen molar-refractivity contribution in [2.45, 2.75) is 6.00 Å². The highest BCUT2D eigenvalue weighted by molar-refractivity contribution is 6.42. The number of nitrogens with one attached hydrogen (secondary N) is 1. The Morgan fingerprint density at radius 2 is 2.33 bits per heavy atom. The lowest BCUT2D eigenvalue weighted by Crippen LogP contribution is -2.47. The normalized spacial score (nSPS) is 28.0. The Morgan fingerprint density at radius 3 is 2.67 bits per heavy atom. The summed E-state index contributed by atoms with van der Waals surface area (Å²) in [5.74, 6) is 0. The highest BCUT2D eigenvalue weighted by Gasteiger charge is 2.25. The van der Waals surface area contributed by atoms with Crippen LogP contribution in [0.3, 0.4) is 0 Å². The Morgan fingerprint density at radius 1 is 1.56 bits per heavy atom. The molecular weight excluding hydrogens is 121 g/mol. The average Bonchev–Trinajstić information content (AvgIpc) is 1.90. The summed E-state index contributed by atoms with van der Waals surface area (Å²) in [5, 5.41) is 20.1. The maximum Gasteiger partial charge on any atom is 0.483 e. The number of hydrogen-bond donors (Lipinski definition) is 3. The highest BCUT2D eigenvalue weighted by Crippen LogP contribution is 1.95. The topological polar surface area (TPSA) is 61.7 Å². The van der Waals surface area contributed by atoms with Crippen molar-refractivity contribution >= 4 is 7.12 Å². The fraction of sp³-hybridized carbons (Fsp3) is 1.00. The maximum atomic E-state index is 8.57. The summed E-state index contributed by atoms with van der Waals surface area (Å²) < 4.78 is 4.98. The van der Waals surface area contributed by atoms with Gasteiger partial charge in [0.25, 0.3) is 0 Å². The first-order valence-electron chi connectivity index (χ1n) is 2.99. The molecule has 0 radical (unpaired) electrons. The Labute approximate surface area is 54.0 Å². The molecule has 3 N–H and O–H groups in total. The van der Waals surface area contributed by atoms with Gasteiger partial charge in [0.1, 0.15) is 6.00 Å². The minimum Gasteiger partial charge on any atom is -0.425 e. The van der Waals surface area contributed by atoms with Gasteiger partial charge in [-0.2, -0.15) is 0 Å². The van der Waals surface area contributed by atoms with E-state index in [-0.39, 0.29) is 0 Å². The van der Waals surface area contributed by atoms with Crippen molar-refractivity contribution in [2.75, 3.05) is 19.7 Å². The standard InChI is InChI=1S/C4H10BNO3/c7-5(8)4-3-6-1-2-9-4/h4,6-8H,1-3H2.